The van der Waals surface area contributed by atoms with Crippen LogP contribution in [0.5, 0.6) is 0 Å². The Morgan fingerprint density at radius 3 is 2.85 bits per heavy atom. The monoisotopic (exact) mass is 283 g/mol. The average molecular weight is 283 g/mol. The molecule has 0 spiro atoms. The van der Waals surface area contributed by atoms with Crippen LogP contribution < -0.4 is 0 Å². The molecule has 5 atom stereocenters. The van der Waals surface area contributed by atoms with E-state index < -0.39 is 11.9 Å². The number of hydrogen-bond donors (Lipinski definition) is 1. The molecule has 3 aliphatic rings. The molecule has 0 unspecified atom stereocenters. The highest BCUT2D eigenvalue weighted by molar-refractivity contribution is 5.78. The molecule has 5 heteroatoms. The van der Waals surface area contributed by atoms with Gasteiger partial charge in [0.25, 0.3) is 0 Å². The van der Waals surface area contributed by atoms with E-state index in [4.69, 9.17) is 9.47 Å². The Kier molecular flexibility index (Phi) is 3.55. The van der Waals surface area contributed by atoms with Crippen molar-refractivity contribution in [3.8, 4) is 0 Å². The molecule has 3 aliphatic heterocycles. The fourth-order valence-electron chi connectivity index (χ4n) is 3.91. The lowest BCUT2D eigenvalue weighted by Gasteiger charge is -2.41. The lowest BCUT2D eigenvalue weighted by molar-refractivity contribution is -0.181. The fourth-order valence-corrected chi connectivity index (χ4v) is 3.91. The van der Waals surface area contributed by atoms with Gasteiger partial charge >= 0.3 is 0 Å². The molecule has 0 aromatic rings. The standard InChI is InChI=1S/C15H25NO4/c1-4-5-6-9-7-11(17)16-8-10-14(12(16)13(9)18)20-15(2,3)19-10/h9-10,12-14,18H,4-8H2,1-3H3/t9-,10+,12+,13+,14+/m0/s1. The second-order valence-corrected chi connectivity index (χ2v) is 6.77. The van der Waals surface area contributed by atoms with E-state index in [-0.39, 0.29) is 30.1 Å². The fraction of sp³-hybridized carbons (Fsp3) is 0.933. The number of rotatable bonds is 3. The largest absolute Gasteiger partial charge is 0.391 e. The zero-order chi connectivity index (χ0) is 14.5. The van der Waals surface area contributed by atoms with Crippen LogP contribution in [-0.2, 0) is 14.3 Å². The number of carbonyl (C=O) groups is 1. The number of unbranched alkanes of at least 4 members (excludes halogenated alkanes) is 1. The third kappa shape index (κ3) is 2.26. The Morgan fingerprint density at radius 2 is 2.15 bits per heavy atom. The van der Waals surface area contributed by atoms with Crippen LogP contribution in [0.25, 0.3) is 0 Å². The number of hydrogen-bond acceptors (Lipinski definition) is 4. The van der Waals surface area contributed by atoms with Gasteiger partial charge in [-0.15, -0.1) is 0 Å². The summed E-state index contributed by atoms with van der Waals surface area (Å²) in [5.41, 5.74) is 0. The van der Waals surface area contributed by atoms with Gasteiger partial charge in [-0.25, -0.2) is 0 Å². The van der Waals surface area contributed by atoms with E-state index in [1.165, 1.54) is 0 Å². The number of aliphatic hydroxyl groups is 1. The van der Waals surface area contributed by atoms with Crippen molar-refractivity contribution in [2.75, 3.05) is 6.54 Å². The van der Waals surface area contributed by atoms with Gasteiger partial charge in [0.1, 0.15) is 12.2 Å². The van der Waals surface area contributed by atoms with Crippen LogP contribution in [0.3, 0.4) is 0 Å². The summed E-state index contributed by atoms with van der Waals surface area (Å²) in [6, 6.07) is -0.232. The van der Waals surface area contributed by atoms with Gasteiger partial charge in [0, 0.05) is 6.42 Å². The third-order valence-electron chi connectivity index (χ3n) is 4.81. The van der Waals surface area contributed by atoms with E-state index >= 15 is 0 Å². The third-order valence-corrected chi connectivity index (χ3v) is 4.81. The molecule has 0 saturated carbocycles. The molecule has 3 rings (SSSR count). The van der Waals surface area contributed by atoms with Gasteiger partial charge in [-0.05, 0) is 26.2 Å². The summed E-state index contributed by atoms with van der Waals surface area (Å²) < 4.78 is 11.8. The number of amides is 1. The molecule has 3 saturated heterocycles. The first-order valence-corrected chi connectivity index (χ1v) is 7.76. The molecule has 1 N–H and O–H groups in total. The van der Waals surface area contributed by atoms with Crippen molar-refractivity contribution in [1.29, 1.82) is 0 Å². The number of fused-ring (bicyclic) bond motifs is 3. The maximum atomic E-state index is 12.3. The van der Waals surface area contributed by atoms with Gasteiger partial charge in [-0.1, -0.05) is 19.8 Å². The minimum Gasteiger partial charge on any atom is -0.391 e. The van der Waals surface area contributed by atoms with E-state index in [0.29, 0.717) is 13.0 Å². The molecule has 5 nitrogen and oxygen atoms in total. The Labute approximate surface area is 120 Å². The normalized spacial score (nSPS) is 42.7. The minimum atomic E-state index is -0.611. The second-order valence-electron chi connectivity index (χ2n) is 6.77. The summed E-state index contributed by atoms with van der Waals surface area (Å²) in [6.45, 7) is 6.46. The van der Waals surface area contributed by atoms with Gasteiger partial charge < -0.3 is 19.5 Å². The quantitative estimate of drug-likeness (QED) is 0.848. The Hall–Kier alpha value is -0.650. The zero-order valence-electron chi connectivity index (χ0n) is 12.5. The van der Waals surface area contributed by atoms with E-state index in [1.54, 1.807) is 4.90 Å². The minimum absolute atomic E-state index is 0.0646. The molecule has 0 aromatic carbocycles. The molecule has 0 aromatic heterocycles. The first-order valence-electron chi connectivity index (χ1n) is 7.76. The van der Waals surface area contributed by atoms with Crippen LogP contribution in [0.2, 0.25) is 0 Å². The molecule has 3 heterocycles. The Bertz CT molecular complexity index is 397. The van der Waals surface area contributed by atoms with Crippen molar-refractivity contribution in [2.45, 2.75) is 76.6 Å². The summed E-state index contributed by atoms with van der Waals surface area (Å²) in [4.78, 5) is 14.1. The molecule has 0 aliphatic carbocycles. The van der Waals surface area contributed by atoms with Crippen molar-refractivity contribution >= 4 is 5.91 Å². The predicted molar refractivity (Wildman–Crippen MR) is 73.0 cm³/mol. The van der Waals surface area contributed by atoms with E-state index in [9.17, 15) is 9.90 Å². The first kappa shape index (κ1) is 14.3. The number of nitrogens with zero attached hydrogens (tertiary/aromatic N) is 1. The summed E-state index contributed by atoms with van der Waals surface area (Å²) in [5, 5.41) is 10.7. The highest BCUT2D eigenvalue weighted by Crippen LogP contribution is 2.42. The number of piperidine rings is 1. The highest BCUT2D eigenvalue weighted by Gasteiger charge is 2.58. The zero-order valence-corrected chi connectivity index (χ0v) is 12.5. The number of ether oxygens (including phenoxy) is 2. The Balaban J connectivity index is 1.77. The topological polar surface area (TPSA) is 59.0 Å². The maximum absolute atomic E-state index is 12.3. The molecular weight excluding hydrogens is 258 g/mol. The molecule has 3 fully saturated rings. The lowest BCUT2D eigenvalue weighted by atomic mass is 9.83. The van der Waals surface area contributed by atoms with Crippen LogP contribution >= 0.6 is 0 Å². The first-order chi connectivity index (χ1) is 9.43. The van der Waals surface area contributed by atoms with E-state index in [2.05, 4.69) is 6.92 Å². The molecule has 114 valence electrons. The number of aliphatic hydroxyl groups excluding tert-OH is 1. The van der Waals surface area contributed by atoms with E-state index in [0.717, 1.165) is 19.3 Å². The van der Waals surface area contributed by atoms with Gasteiger partial charge in [0.05, 0.1) is 18.7 Å². The van der Waals surface area contributed by atoms with Crippen LogP contribution in [0, 0.1) is 5.92 Å². The average Bonchev–Trinajstić information content (AvgIpc) is 2.84. The van der Waals surface area contributed by atoms with Crippen molar-refractivity contribution in [3.05, 3.63) is 0 Å². The van der Waals surface area contributed by atoms with Gasteiger partial charge in [0.2, 0.25) is 5.91 Å². The van der Waals surface area contributed by atoms with Crippen LogP contribution in [-0.4, -0.2) is 52.6 Å². The number of carbonyl (C=O) groups excluding carboxylic acids is 1. The van der Waals surface area contributed by atoms with E-state index in [1.807, 2.05) is 13.8 Å². The van der Waals surface area contributed by atoms with Gasteiger partial charge in [-0.3, -0.25) is 4.79 Å². The highest BCUT2D eigenvalue weighted by atomic mass is 16.8. The van der Waals surface area contributed by atoms with Crippen LogP contribution in [0.15, 0.2) is 0 Å². The van der Waals surface area contributed by atoms with Crippen molar-refractivity contribution < 1.29 is 19.4 Å². The SMILES string of the molecule is CCCC[C@H]1CC(=O)N2C[C@H]3OC(C)(C)O[C@H]3[C@H]2[C@@H]1O. The second kappa shape index (κ2) is 4.97. The summed E-state index contributed by atoms with van der Waals surface area (Å²) in [6.07, 6.45) is 2.73. The van der Waals surface area contributed by atoms with Crippen LogP contribution in [0.1, 0.15) is 46.5 Å². The van der Waals surface area contributed by atoms with Crippen LogP contribution in [0.4, 0.5) is 0 Å². The van der Waals surface area contributed by atoms with Gasteiger partial charge in [0.15, 0.2) is 5.79 Å². The van der Waals surface area contributed by atoms with Gasteiger partial charge in [-0.2, -0.15) is 0 Å². The van der Waals surface area contributed by atoms with Crippen molar-refractivity contribution in [1.82, 2.24) is 4.90 Å². The lowest BCUT2D eigenvalue weighted by Crippen LogP contribution is -2.56. The maximum Gasteiger partial charge on any atom is 0.223 e. The summed E-state index contributed by atoms with van der Waals surface area (Å²) in [7, 11) is 0. The molecule has 0 radical (unpaired) electrons. The molecule has 1 amide bonds. The molecule has 0 bridgehead atoms. The smallest absolute Gasteiger partial charge is 0.223 e. The Morgan fingerprint density at radius 1 is 1.40 bits per heavy atom. The van der Waals surface area contributed by atoms with Crippen molar-refractivity contribution in [3.63, 3.8) is 0 Å². The molecular formula is C15H25NO4. The predicted octanol–water partition coefficient (Wildman–Crippen LogP) is 1.29. The van der Waals surface area contributed by atoms with Crippen molar-refractivity contribution in [2.24, 2.45) is 5.92 Å². The summed E-state index contributed by atoms with van der Waals surface area (Å²) in [5.74, 6) is -0.406. The molecule has 20 heavy (non-hydrogen) atoms. The summed E-state index contributed by atoms with van der Waals surface area (Å²) >= 11 is 0.